The minimum absolute atomic E-state index is 0.698. The van der Waals surface area contributed by atoms with E-state index in [1.807, 2.05) is 6.07 Å². The maximum Gasteiger partial charge on any atom is 0.0920 e. The molecular formula is C35H34Cl2SiZr. The van der Waals surface area contributed by atoms with Crippen molar-refractivity contribution in [2.75, 3.05) is 0 Å². The third-order valence-electron chi connectivity index (χ3n) is 7.06. The van der Waals surface area contributed by atoms with E-state index in [9.17, 15) is 0 Å². The van der Waals surface area contributed by atoms with Crippen molar-refractivity contribution in [3.63, 3.8) is 0 Å². The zero-order valence-corrected chi connectivity index (χ0v) is 28.1. The van der Waals surface area contributed by atoms with E-state index >= 15 is 0 Å². The molecule has 0 saturated heterocycles. The summed E-state index contributed by atoms with van der Waals surface area (Å²) in [5, 5.41) is 5.64. The van der Waals surface area contributed by atoms with Crippen molar-refractivity contribution in [1.29, 1.82) is 0 Å². The van der Waals surface area contributed by atoms with Crippen molar-refractivity contribution in [1.82, 2.24) is 0 Å². The predicted molar refractivity (Wildman–Crippen MR) is 170 cm³/mol. The van der Waals surface area contributed by atoms with Gasteiger partial charge in [-0.3, -0.25) is 0 Å². The SMILES string of the molecule is CCc1ccccc1-c1c(CC)ccc2[cH-]c(CC(C)C)cc12.[Cl][Zr+2][Cl].[c-]1cccc2c1[Si]c1ccccc1-2. The van der Waals surface area contributed by atoms with Crippen molar-refractivity contribution in [2.24, 2.45) is 5.92 Å². The summed E-state index contributed by atoms with van der Waals surface area (Å²) >= 11 is -0.826. The molecule has 0 aliphatic carbocycles. The van der Waals surface area contributed by atoms with Gasteiger partial charge in [-0.1, -0.05) is 98.1 Å². The van der Waals surface area contributed by atoms with Gasteiger partial charge in [-0.15, -0.1) is 40.1 Å². The third-order valence-corrected chi connectivity index (χ3v) is 8.43. The number of benzene rings is 4. The van der Waals surface area contributed by atoms with Gasteiger partial charge in [0.15, 0.2) is 0 Å². The maximum atomic E-state index is 4.93. The van der Waals surface area contributed by atoms with Gasteiger partial charge in [0.25, 0.3) is 0 Å². The molecule has 0 unspecified atom stereocenters. The molecule has 2 radical (unpaired) electrons. The molecule has 0 nitrogen and oxygen atoms in total. The van der Waals surface area contributed by atoms with E-state index in [0.29, 0.717) is 5.92 Å². The summed E-state index contributed by atoms with van der Waals surface area (Å²) in [5.74, 6) is 0.698. The van der Waals surface area contributed by atoms with E-state index in [4.69, 9.17) is 17.0 Å². The molecule has 5 aromatic rings. The number of halogens is 2. The zero-order valence-electron chi connectivity index (χ0n) is 23.1. The Kier molecular flexibility index (Phi) is 11.4. The Morgan fingerprint density at radius 3 is 2.21 bits per heavy atom. The van der Waals surface area contributed by atoms with Crippen LogP contribution in [0.4, 0.5) is 0 Å². The number of hydrogen-bond acceptors (Lipinski definition) is 0. The molecule has 39 heavy (non-hydrogen) atoms. The van der Waals surface area contributed by atoms with Crippen LogP contribution in [0.3, 0.4) is 0 Å². The van der Waals surface area contributed by atoms with Crippen LogP contribution >= 0.6 is 17.0 Å². The fraction of sp³-hybridized carbons (Fsp3) is 0.229. The van der Waals surface area contributed by atoms with E-state index in [2.05, 4.69) is 119 Å². The van der Waals surface area contributed by atoms with Gasteiger partial charge in [-0.2, -0.15) is 35.5 Å². The molecule has 0 aromatic heterocycles. The average molecular weight is 645 g/mol. The van der Waals surface area contributed by atoms with Crippen LogP contribution in [0, 0.1) is 12.0 Å². The normalized spacial score (nSPS) is 11.2. The summed E-state index contributed by atoms with van der Waals surface area (Å²) in [5.41, 5.74) is 10.0. The molecule has 4 heteroatoms. The number of rotatable bonds is 5. The third kappa shape index (κ3) is 7.28. The molecule has 196 valence electrons. The Bertz CT molecular complexity index is 1480. The minimum Gasteiger partial charge on any atom is -0.184 e. The standard InChI is InChI=1S/C23H27.C12H7Si.2ClH.Zr/c1-5-18-9-7-8-10-21(18)23-19(6-2)11-12-20-14-17(13-16(3)4)15-22(20)23;1-3-7-11-9(5-1)10-6-2-4-8-12(10)13-11;;;/h7-12,14-16H,5-6,13H2,1-4H3;1-7H;2*1H;/q2*-1;;;+4/p-2. The molecule has 5 aromatic carbocycles. The van der Waals surface area contributed by atoms with E-state index in [1.54, 1.807) is 0 Å². The van der Waals surface area contributed by atoms with Gasteiger partial charge in [0, 0.05) is 0 Å². The molecule has 0 atom stereocenters. The first-order valence-electron chi connectivity index (χ1n) is 13.6. The van der Waals surface area contributed by atoms with Gasteiger partial charge in [-0.25, -0.2) is 0 Å². The van der Waals surface area contributed by atoms with E-state index < -0.39 is 20.8 Å². The topological polar surface area (TPSA) is 0 Å². The van der Waals surface area contributed by atoms with Gasteiger partial charge >= 0.3 is 37.9 Å². The molecule has 1 heterocycles. The fourth-order valence-electron chi connectivity index (χ4n) is 5.39. The molecule has 1 aliphatic heterocycles. The first kappa shape index (κ1) is 30.1. The molecule has 0 N–H and O–H groups in total. The number of fused-ring (bicyclic) bond motifs is 4. The smallest absolute Gasteiger partial charge is 0.0920 e. The molecule has 0 bridgehead atoms. The van der Waals surface area contributed by atoms with Crippen LogP contribution in [0.1, 0.15) is 44.4 Å². The van der Waals surface area contributed by atoms with E-state index in [0.717, 1.165) is 28.8 Å². The molecule has 0 spiro atoms. The second-order valence-electron chi connectivity index (χ2n) is 10.1. The number of aryl methyl sites for hydroxylation is 2. The molecule has 1 aliphatic rings. The van der Waals surface area contributed by atoms with Gasteiger partial charge in [0.2, 0.25) is 0 Å². The molecule has 0 saturated carbocycles. The summed E-state index contributed by atoms with van der Waals surface area (Å²) in [4.78, 5) is 0. The first-order valence-corrected chi connectivity index (χ1v) is 21.0. The van der Waals surface area contributed by atoms with E-state index in [1.165, 1.54) is 60.1 Å². The summed E-state index contributed by atoms with van der Waals surface area (Å²) < 4.78 is 0. The predicted octanol–water partition coefficient (Wildman–Crippen LogP) is 9.05. The van der Waals surface area contributed by atoms with Crippen molar-refractivity contribution in [3.8, 4) is 22.3 Å². The van der Waals surface area contributed by atoms with Crippen molar-refractivity contribution in [2.45, 2.75) is 47.0 Å². The summed E-state index contributed by atoms with van der Waals surface area (Å²) in [6.45, 7) is 9.10. The van der Waals surface area contributed by atoms with Gasteiger partial charge in [0.1, 0.15) is 0 Å². The Labute approximate surface area is 255 Å². The van der Waals surface area contributed by atoms with Crippen LogP contribution in [0.25, 0.3) is 33.0 Å². The maximum absolute atomic E-state index is 4.93. The van der Waals surface area contributed by atoms with Crippen LogP contribution in [0.15, 0.2) is 91.0 Å². The second-order valence-corrected chi connectivity index (χ2v) is 15.1. The van der Waals surface area contributed by atoms with Crippen LogP contribution in [0.2, 0.25) is 0 Å². The van der Waals surface area contributed by atoms with E-state index in [-0.39, 0.29) is 0 Å². The fourth-order valence-corrected chi connectivity index (χ4v) is 6.70. The van der Waals surface area contributed by atoms with Crippen LogP contribution in [-0.2, 0) is 40.1 Å². The Balaban J connectivity index is 0.000000184. The Morgan fingerprint density at radius 2 is 1.49 bits per heavy atom. The Morgan fingerprint density at radius 1 is 0.821 bits per heavy atom. The molecular weight excluding hydrogens is 611 g/mol. The van der Waals surface area contributed by atoms with Crippen LogP contribution < -0.4 is 10.4 Å². The number of hydrogen-bond donors (Lipinski definition) is 0. The largest absolute Gasteiger partial charge is 0.184 e. The monoisotopic (exact) mass is 642 g/mol. The second kappa shape index (κ2) is 14.7. The quantitative estimate of drug-likeness (QED) is 0.130. The van der Waals surface area contributed by atoms with Gasteiger partial charge in [0.05, 0.1) is 9.52 Å². The Hall–Kier alpha value is -1.83. The zero-order chi connectivity index (χ0) is 27.8. The van der Waals surface area contributed by atoms with Crippen molar-refractivity contribution < 1.29 is 20.8 Å². The summed E-state index contributed by atoms with van der Waals surface area (Å²) in [7, 11) is 10.7. The summed E-state index contributed by atoms with van der Waals surface area (Å²) in [6.07, 6.45) is 3.31. The molecule has 0 amide bonds. The van der Waals surface area contributed by atoms with Crippen molar-refractivity contribution in [3.05, 3.63) is 114 Å². The van der Waals surface area contributed by atoms with Crippen molar-refractivity contribution >= 4 is 47.7 Å². The minimum atomic E-state index is -0.826. The van der Waals surface area contributed by atoms with Gasteiger partial charge < -0.3 is 0 Å². The van der Waals surface area contributed by atoms with Gasteiger partial charge in [-0.05, 0) is 36.3 Å². The molecule has 0 fully saturated rings. The first-order chi connectivity index (χ1) is 19.0. The molecule has 6 rings (SSSR count). The summed E-state index contributed by atoms with van der Waals surface area (Å²) in [6, 6.07) is 36.5. The van der Waals surface area contributed by atoms with Crippen LogP contribution in [-0.4, -0.2) is 9.52 Å². The average Bonchev–Trinajstić information content (AvgIpc) is 3.53. The van der Waals surface area contributed by atoms with Crippen LogP contribution in [0.5, 0.6) is 0 Å².